The van der Waals surface area contributed by atoms with Crippen LogP contribution in [0.4, 0.5) is 0 Å². The van der Waals surface area contributed by atoms with Crippen molar-refractivity contribution in [3.8, 4) is 0 Å². The molecule has 0 unspecified atom stereocenters. The van der Waals surface area contributed by atoms with Crippen LogP contribution in [0, 0.1) is 6.92 Å². The van der Waals surface area contributed by atoms with Gasteiger partial charge >= 0.3 is 0 Å². The molecule has 0 bridgehead atoms. The molecular weight excluding hydrogens is 202 g/mol. The molecule has 5 nitrogen and oxygen atoms in total. The molecule has 1 amide bonds. The maximum atomic E-state index is 11.6. The summed E-state index contributed by atoms with van der Waals surface area (Å²) in [6.45, 7) is 1.55. The van der Waals surface area contributed by atoms with Gasteiger partial charge in [-0.3, -0.25) is 9.59 Å². The van der Waals surface area contributed by atoms with Gasteiger partial charge in [0.15, 0.2) is 0 Å². The standard InChI is InChI=1S/C8H7N3O2S/c1-4-6(12)5(7(9)13)8-11(10-4)2-3-14-8/h2-3H,1H3,(H2,9,13). The number of nitrogens with zero attached hydrogens (tertiary/aromatic N) is 2. The molecule has 0 atom stereocenters. The Morgan fingerprint density at radius 3 is 3.00 bits per heavy atom. The second-order valence-electron chi connectivity index (χ2n) is 2.81. The molecule has 6 heteroatoms. The van der Waals surface area contributed by atoms with Gasteiger partial charge in [0.1, 0.15) is 16.1 Å². The summed E-state index contributed by atoms with van der Waals surface area (Å²) in [7, 11) is 0. The maximum absolute atomic E-state index is 11.6. The summed E-state index contributed by atoms with van der Waals surface area (Å²) in [6, 6.07) is 0. The van der Waals surface area contributed by atoms with E-state index in [0.29, 0.717) is 4.83 Å². The Balaban J connectivity index is 3.01. The number of rotatable bonds is 1. The molecule has 2 N–H and O–H groups in total. The molecule has 0 aliphatic carbocycles. The minimum absolute atomic E-state index is 0.0208. The van der Waals surface area contributed by atoms with Crippen molar-refractivity contribution in [2.24, 2.45) is 5.73 Å². The number of primary amides is 1. The zero-order valence-electron chi connectivity index (χ0n) is 7.35. The van der Waals surface area contributed by atoms with Gasteiger partial charge in [-0.2, -0.15) is 5.10 Å². The molecule has 0 spiro atoms. The Morgan fingerprint density at radius 2 is 2.36 bits per heavy atom. The lowest BCUT2D eigenvalue weighted by molar-refractivity contribution is 0.100. The molecule has 0 aliphatic heterocycles. The van der Waals surface area contributed by atoms with E-state index in [0.717, 1.165) is 0 Å². The predicted molar refractivity (Wildman–Crippen MR) is 52.6 cm³/mol. The number of aryl methyl sites for hydroxylation is 1. The highest BCUT2D eigenvalue weighted by Crippen LogP contribution is 2.12. The van der Waals surface area contributed by atoms with Crippen molar-refractivity contribution in [2.45, 2.75) is 6.92 Å². The molecule has 0 radical (unpaired) electrons. The number of nitrogens with two attached hydrogens (primary N) is 1. The zero-order chi connectivity index (χ0) is 10.3. The van der Waals surface area contributed by atoms with Gasteiger partial charge in [0.05, 0.1) is 0 Å². The summed E-state index contributed by atoms with van der Waals surface area (Å²) in [4.78, 5) is 23.1. The molecule has 0 aliphatic rings. The molecular formula is C8H7N3O2S. The van der Waals surface area contributed by atoms with Crippen LogP contribution in [0.5, 0.6) is 0 Å². The van der Waals surface area contributed by atoms with E-state index >= 15 is 0 Å². The highest BCUT2D eigenvalue weighted by Gasteiger charge is 2.15. The van der Waals surface area contributed by atoms with E-state index < -0.39 is 5.91 Å². The number of hydrogen-bond donors (Lipinski definition) is 1. The molecule has 72 valence electrons. The molecule has 0 saturated carbocycles. The predicted octanol–water partition coefficient (Wildman–Crippen LogP) is 0.163. The van der Waals surface area contributed by atoms with Crippen molar-refractivity contribution < 1.29 is 4.79 Å². The Morgan fingerprint density at radius 1 is 1.64 bits per heavy atom. The topological polar surface area (TPSA) is 77.5 Å². The average molecular weight is 209 g/mol. The van der Waals surface area contributed by atoms with Crippen LogP contribution in [0.3, 0.4) is 0 Å². The zero-order valence-corrected chi connectivity index (χ0v) is 8.17. The summed E-state index contributed by atoms with van der Waals surface area (Å²) in [6.07, 6.45) is 1.68. The fourth-order valence-electron chi connectivity index (χ4n) is 1.23. The second-order valence-corrected chi connectivity index (χ2v) is 3.70. The van der Waals surface area contributed by atoms with E-state index in [-0.39, 0.29) is 16.7 Å². The Kier molecular flexibility index (Phi) is 1.85. The first-order valence-electron chi connectivity index (χ1n) is 3.88. The third-order valence-electron chi connectivity index (χ3n) is 1.86. The lowest BCUT2D eigenvalue weighted by Crippen LogP contribution is -2.25. The van der Waals surface area contributed by atoms with Gasteiger partial charge in [0.2, 0.25) is 5.43 Å². The number of carbonyl (C=O) groups excluding carboxylic acids is 1. The number of aromatic nitrogens is 2. The Labute approximate surface area is 82.8 Å². The first-order chi connectivity index (χ1) is 6.61. The molecule has 0 aromatic carbocycles. The fourth-order valence-corrected chi connectivity index (χ4v) is 2.05. The Hall–Kier alpha value is -1.69. The van der Waals surface area contributed by atoms with Crippen LogP contribution in [-0.4, -0.2) is 15.5 Å². The van der Waals surface area contributed by atoms with E-state index in [4.69, 9.17) is 5.73 Å². The average Bonchev–Trinajstić information content (AvgIpc) is 2.52. The van der Waals surface area contributed by atoms with E-state index in [1.165, 1.54) is 15.9 Å². The van der Waals surface area contributed by atoms with Crippen LogP contribution in [-0.2, 0) is 0 Å². The van der Waals surface area contributed by atoms with Gasteiger partial charge in [0, 0.05) is 11.6 Å². The molecule has 14 heavy (non-hydrogen) atoms. The van der Waals surface area contributed by atoms with Crippen molar-refractivity contribution in [3.05, 3.63) is 33.1 Å². The summed E-state index contributed by atoms with van der Waals surface area (Å²) in [5.41, 5.74) is 5.04. The maximum Gasteiger partial charge on any atom is 0.255 e. The van der Waals surface area contributed by atoms with E-state index in [2.05, 4.69) is 5.10 Å². The van der Waals surface area contributed by atoms with Gasteiger partial charge in [-0.05, 0) is 6.92 Å². The van der Waals surface area contributed by atoms with Gasteiger partial charge in [-0.15, -0.1) is 11.3 Å². The number of thiazole rings is 1. The largest absolute Gasteiger partial charge is 0.365 e. The first kappa shape index (κ1) is 8.89. The molecule has 0 fully saturated rings. The van der Waals surface area contributed by atoms with Crippen molar-refractivity contribution in [2.75, 3.05) is 0 Å². The monoisotopic (exact) mass is 209 g/mol. The highest BCUT2D eigenvalue weighted by molar-refractivity contribution is 7.15. The summed E-state index contributed by atoms with van der Waals surface area (Å²) >= 11 is 1.26. The number of amides is 1. The van der Waals surface area contributed by atoms with Gasteiger partial charge in [-0.1, -0.05) is 0 Å². The lowest BCUT2D eigenvalue weighted by Gasteiger charge is -1.99. The Bertz CT molecular complexity index is 569. The summed E-state index contributed by atoms with van der Waals surface area (Å²) in [5, 5.41) is 5.73. The molecule has 0 saturated heterocycles. The van der Waals surface area contributed by atoms with Crippen LogP contribution in [0.1, 0.15) is 16.1 Å². The van der Waals surface area contributed by atoms with Crippen LogP contribution in [0.2, 0.25) is 0 Å². The van der Waals surface area contributed by atoms with Crippen molar-refractivity contribution >= 4 is 22.1 Å². The smallest absolute Gasteiger partial charge is 0.255 e. The summed E-state index contributed by atoms with van der Waals surface area (Å²) in [5.74, 6) is -0.708. The van der Waals surface area contributed by atoms with Crippen LogP contribution in [0.15, 0.2) is 16.4 Å². The third-order valence-corrected chi connectivity index (χ3v) is 2.74. The van der Waals surface area contributed by atoms with E-state index in [1.54, 1.807) is 18.5 Å². The van der Waals surface area contributed by atoms with Gasteiger partial charge in [0.25, 0.3) is 5.91 Å². The summed E-state index contributed by atoms with van der Waals surface area (Å²) < 4.78 is 1.49. The lowest BCUT2D eigenvalue weighted by atomic mass is 10.2. The number of hydrogen-bond acceptors (Lipinski definition) is 4. The fraction of sp³-hybridized carbons (Fsp3) is 0.125. The molecule has 2 aromatic heterocycles. The molecule has 2 rings (SSSR count). The molecule has 2 heterocycles. The second kappa shape index (κ2) is 2.91. The van der Waals surface area contributed by atoms with E-state index in [1.807, 2.05) is 0 Å². The third kappa shape index (κ3) is 1.12. The van der Waals surface area contributed by atoms with Crippen molar-refractivity contribution in [1.82, 2.24) is 9.61 Å². The van der Waals surface area contributed by atoms with Crippen LogP contribution < -0.4 is 11.2 Å². The molecule has 2 aromatic rings. The quantitative estimate of drug-likeness (QED) is 0.726. The highest BCUT2D eigenvalue weighted by atomic mass is 32.1. The normalized spacial score (nSPS) is 10.6. The van der Waals surface area contributed by atoms with Crippen LogP contribution >= 0.6 is 11.3 Å². The van der Waals surface area contributed by atoms with Gasteiger partial charge < -0.3 is 5.73 Å². The minimum atomic E-state index is -0.708. The van der Waals surface area contributed by atoms with Crippen molar-refractivity contribution in [3.63, 3.8) is 0 Å². The first-order valence-corrected chi connectivity index (χ1v) is 4.76. The SMILES string of the molecule is Cc1nn2ccsc2c(C(N)=O)c1=O. The van der Waals surface area contributed by atoms with E-state index in [9.17, 15) is 9.59 Å². The number of fused-ring (bicyclic) bond motifs is 1. The number of carbonyl (C=O) groups is 1. The minimum Gasteiger partial charge on any atom is -0.365 e. The van der Waals surface area contributed by atoms with Crippen LogP contribution in [0.25, 0.3) is 4.83 Å². The van der Waals surface area contributed by atoms with Crippen molar-refractivity contribution in [1.29, 1.82) is 0 Å². The van der Waals surface area contributed by atoms with Gasteiger partial charge in [-0.25, -0.2) is 4.52 Å².